The minimum absolute atomic E-state index is 0.0907. The van der Waals surface area contributed by atoms with E-state index in [1.165, 1.54) is 11.3 Å². The zero-order valence-corrected chi connectivity index (χ0v) is 8.06. The first-order chi connectivity index (χ1) is 7.24. The van der Waals surface area contributed by atoms with Crippen LogP contribution in [0, 0.1) is 5.21 Å². The maximum Gasteiger partial charge on any atom is 0.299 e. The van der Waals surface area contributed by atoms with Gasteiger partial charge in [-0.2, -0.15) is 11.3 Å². The number of aldehydes is 1. The fourth-order valence-electron chi connectivity index (χ4n) is 1.04. The average molecular weight is 224 g/mol. The van der Waals surface area contributed by atoms with E-state index in [-0.39, 0.29) is 16.9 Å². The number of ketones is 1. The molecule has 76 valence electrons. The number of nitrogens with zero attached hydrogens (tertiary/aromatic N) is 2. The highest BCUT2D eigenvalue weighted by molar-refractivity contribution is 7.08. The molecule has 0 unspecified atom stereocenters. The number of aromatic nitrogens is 2. The van der Waals surface area contributed by atoms with E-state index in [9.17, 15) is 14.8 Å². The van der Waals surface area contributed by atoms with E-state index in [0.717, 1.165) is 0 Å². The van der Waals surface area contributed by atoms with Crippen molar-refractivity contribution in [3.8, 4) is 0 Å². The highest BCUT2D eigenvalue weighted by Crippen LogP contribution is 2.12. The summed E-state index contributed by atoms with van der Waals surface area (Å²) in [4.78, 5) is 22.1. The minimum Gasteiger partial charge on any atom is -0.359 e. The van der Waals surface area contributed by atoms with Gasteiger partial charge in [-0.3, -0.25) is 14.2 Å². The van der Waals surface area contributed by atoms with Crippen LogP contribution in [0.15, 0.2) is 21.5 Å². The van der Waals surface area contributed by atoms with E-state index in [2.05, 4.69) is 9.79 Å². The smallest absolute Gasteiger partial charge is 0.299 e. The molecule has 6 nitrogen and oxygen atoms in total. The van der Waals surface area contributed by atoms with E-state index in [1.807, 2.05) is 0 Å². The standard InChI is InChI=1S/C8H4N2O4S/c11-3-6-7(9-14-10(6)13)8(12)5-1-2-15-4-5/h1-4H. The fourth-order valence-corrected chi connectivity index (χ4v) is 1.68. The third kappa shape index (κ3) is 1.52. The Morgan fingerprint density at radius 2 is 2.47 bits per heavy atom. The second-order valence-corrected chi connectivity index (χ2v) is 3.40. The molecule has 0 atom stereocenters. The zero-order chi connectivity index (χ0) is 10.8. The summed E-state index contributed by atoms with van der Waals surface area (Å²) >= 11 is 1.33. The Balaban J connectivity index is 2.46. The van der Waals surface area contributed by atoms with Crippen LogP contribution < -0.4 is 4.90 Å². The molecule has 0 amide bonds. The quantitative estimate of drug-likeness (QED) is 0.428. The van der Waals surface area contributed by atoms with Crippen molar-refractivity contribution in [2.45, 2.75) is 0 Å². The van der Waals surface area contributed by atoms with Crippen molar-refractivity contribution in [1.82, 2.24) is 5.16 Å². The molecule has 0 aliphatic rings. The molecular formula is C8H4N2O4S. The van der Waals surface area contributed by atoms with E-state index in [0.29, 0.717) is 5.56 Å². The highest BCUT2D eigenvalue weighted by Gasteiger charge is 2.26. The maximum absolute atomic E-state index is 11.7. The monoisotopic (exact) mass is 224 g/mol. The third-order valence-corrected chi connectivity index (χ3v) is 2.44. The molecule has 0 fully saturated rings. The first-order valence-corrected chi connectivity index (χ1v) is 4.80. The van der Waals surface area contributed by atoms with Gasteiger partial charge >= 0.3 is 0 Å². The molecule has 7 heteroatoms. The predicted molar refractivity (Wildman–Crippen MR) is 48.6 cm³/mol. The number of hydrogen-bond acceptors (Lipinski definition) is 6. The lowest BCUT2D eigenvalue weighted by atomic mass is 10.1. The van der Waals surface area contributed by atoms with Gasteiger partial charge in [0.2, 0.25) is 5.78 Å². The van der Waals surface area contributed by atoms with Crippen LogP contribution in [-0.4, -0.2) is 17.2 Å². The molecule has 0 aliphatic heterocycles. The number of rotatable bonds is 3. The summed E-state index contributed by atoms with van der Waals surface area (Å²) in [5.74, 6) is -0.503. The SMILES string of the molecule is O=Cc1c(C(=O)c2ccsc2)no[n+]1[O-]. The summed E-state index contributed by atoms with van der Waals surface area (Å²) in [6.07, 6.45) is 0.239. The Bertz CT molecular complexity index is 503. The molecule has 0 aromatic carbocycles. The van der Waals surface area contributed by atoms with Gasteiger partial charge in [-0.05, 0) is 16.3 Å². The zero-order valence-electron chi connectivity index (χ0n) is 7.25. The lowest BCUT2D eigenvalue weighted by molar-refractivity contribution is -0.803. The summed E-state index contributed by atoms with van der Waals surface area (Å²) in [6, 6.07) is 1.57. The molecule has 2 rings (SSSR count). The number of carbonyl (C=O) groups excluding carboxylic acids is 2. The Morgan fingerprint density at radius 1 is 1.67 bits per heavy atom. The minimum atomic E-state index is -0.503. The molecule has 0 saturated carbocycles. The summed E-state index contributed by atoms with van der Waals surface area (Å²) in [5, 5.41) is 17.4. The van der Waals surface area contributed by atoms with Crippen molar-refractivity contribution in [2.24, 2.45) is 0 Å². The average Bonchev–Trinajstić information content (AvgIpc) is 2.85. The van der Waals surface area contributed by atoms with E-state index < -0.39 is 11.5 Å². The molecule has 0 radical (unpaired) electrons. The van der Waals surface area contributed by atoms with Gasteiger partial charge in [-0.1, -0.05) is 0 Å². The summed E-state index contributed by atoms with van der Waals surface area (Å²) < 4.78 is 4.17. The normalized spacial score (nSPS) is 10.1. The van der Waals surface area contributed by atoms with Crippen molar-refractivity contribution in [1.29, 1.82) is 0 Å². The van der Waals surface area contributed by atoms with Gasteiger partial charge in [0.15, 0.2) is 6.29 Å². The predicted octanol–water partition coefficient (Wildman–Crippen LogP) is 0.413. The van der Waals surface area contributed by atoms with Crippen molar-refractivity contribution in [3.63, 3.8) is 0 Å². The van der Waals surface area contributed by atoms with Crippen LogP contribution in [0.4, 0.5) is 0 Å². The van der Waals surface area contributed by atoms with Gasteiger partial charge in [-0.15, -0.1) is 0 Å². The lowest BCUT2D eigenvalue weighted by Gasteiger charge is -1.87. The van der Waals surface area contributed by atoms with Crippen LogP contribution in [0.2, 0.25) is 0 Å². The molecule has 15 heavy (non-hydrogen) atoms. The summed E-state index contributed by atoms with van der Waals surface area (Å²) in [5.41, 5.74) is -0.304. The number of carbonyl (C=O) groups is 2. The Labute approximate surface area is 87.3 Å². The van der Waals surface area contributed by atoms with E-state index in [4.69, 9.17) is 0 Å². The van der Waals surface area contributed by atoms with Gasteiger partial charge in [0.1, 0.15) is 0 Å². The fraction of sp³-hybridized carbons (Fsp3) is 0. The molecular weight excluding hydrogens is 220 g/mol. The largest absolute Gasteiger partial charge is 0.359 e. The number of hydrogen-bond donors (Lipinski definition) is 0. The van der Waals surface area contributed by atoms with Crippen LogP contribution in [-0.2, 0) is 0 Å². The molecule has 0 bridgehead atoms. The highest BCUT2D eigenvalue weighted by atomic mass is 32.1. The molecule has 2 aromatic rings. The first-order valence-electron chi connectivity index (χ1n) is 3.86. The van der Waals surface area contributed by atoms with Crippen molar-refractivity contribution in [2.75, 3.05) is 0 Å². The topological polar surface area (TPSA) is 87.1 Å². The third-order valence-electron chi connectivity index (χ3n) is 1.76. The van der Waals surface area contributed by atoms with Crippen LogP contribution in [0.5, 0.6) is 0 Å². The molecule has 2 aromatic heterocycles. The molecule has 0 saturated heterocycles. The van der Waals surface area contributed by atoms with Gasteiger partial charge in [0.05, 0.1) is 5.16 Å². The molecule has 0 aliphatic carbocycles. The van der Waals surface area contributed by atoms with Crippen LogP contribution in [0.3, 0.4) is 0 Å². The van der Waals surface area contributed by atoms with Gasteiger partial charge < -0.3 is 5.21 Å². The lowest BCUT2D eigenvalue weighted by Crippen LogP contribution is -2.28. The maximum atomic E-state index is 11.7. The van der Waals surface area contributed by atoms with Gasteiger partial charge in [0.25, 0.3) is 11.4 Å². The molecule has 2 heterocycles. The van der Waals surface area contributed by atoms with Crippen molar-refractivity contribution >= 4 is 23.4 Å². The second-order valence-electron chi connectivity index (χ2n) is 2.62. The molecule has 0 spiro atoms. The van der Waals surface area contributed by atoms with E-state index >= 15 is 0 Å². The van der Waals surface area contributed by atoms with Crippen LogP contribution in [0.25, 0.3) is 0 Å². The van der Waals surface area contributed by atoms with Gasteiger partial charge in [0, 0.05) is 10.9 Å². The Morgan fingerprint density at radius 3 is 3.07 bits per heavy atom. The summed E-state index contributed by atoms with van der Waals surface area (Å²) in [6.45, 7) is 0. The first kappa shape index (κ1) is 9.53. The van der Waals surface area contributed by atoms with Crippen molar-refractivity contribution < 1.29 is 19.1 Å². The van der Waals surface area contributed by atoms with Crippen LogP contribution in [0.1, 0.15) is 26.5 Å². The summed E-state index contributed by atoms with van der Waals surface area (Å²) in [7, 11) is 0. The van der Waals surface area contributed by atoms with Crippen LogP contribution >= 0.6 is 11.3 Å². The Hall–Kier alpha value is -2.02. The van der Waals surface area contributed by atoms with Gasteiger partial charge in [-0.25, -0.2) is 0 Å². The second kappa shape index (κ2) is 3.62. The Kier molecular flexibility index (Phi) is 2.30. The van der Waals surface area contributed by atoms with Crippen molar-refractivity contribution in [3.05, 3.63) is 39.0 Å². The number of thiophene rings is 1. The molecule has 0 N–H and O–H groups in total. The van der Waals surface area contributed by atoms with E-state index in [1.54, 1.807) is 16.8 Å².